The summed E-state index contributed by atoms with van der Waals surface area (Å²) in [5, 5.41) is 10.3. The number of phenols is 1. The van der Waals surface area contributed by atoms with Gasteiger partial charge >= 0.3 is 5.97 Å². The van der Waals surface area contributed by atoms with E-state index < -0.39 is 11.9 Å². The average molecular weight is 444 g/mol. The number of carbonyl (C=O) groups is 2. The second-order valence-electron chi connectivity index (χ2n) is 7.71. The van der Waals surface area contributed by atoms with E-state index in [1.54, 1.807) is 30.3 Å². The zero-order valence-corrected chi connectivity index (χ0v) is 18.0. The Kier molecular flexibility index (Phi) is 5.01. The number of rotatable bonds is 4. The van der Waals surface area contributed by atoms with Gasteiger partial charge in [-0.3, -0.25) is 9.59 Å². The van der Waals surface area contributed by atoms with E-state index in [1.165, 1.54) is 14.2 Å². The van der Waals surface area contributed by atoms with Gasteiger partial charge in [0.15, 0.2) is 17.3 Å². The molecule has 7 nitrogen and oxygen atoms in total. The lowest BCUT2D eigenvalue weighted by atomic mass is 9.84. The zero-order valence-electron chi connectivity index (χ0n) is 18.0. The molecule has 1 N–H and O–H groups in total. The molecule has 2 aliphatic heterocycles. The highest BCUT2D eigenvalue weighted by atomic mass is 16.5. The molecule has 3 aromatic carbocycles. The Hall–Kier alpha value is -4.26. The van der Waals surface area contributed by atoms with Crippen LogP contribution < -0.4 is 18.9 Å². The molecule has 0 aromatic heterocycles. The second kappa shape index (κ2) is 8.02. The van der Waals surface area contributed by atoms with Crippen LogP contribution in [0.5, 0.6) is 28.7 Å². The van der Waals surface area contributed by atoms with Gasteiger partial charge in [0.25, 0.3) is 0 Å². The van der Waals surface area contributed by atoms with Gasteiger partial charge in [0, 0.05) is 11.5 Å². The summed E-state index contributed by atoms with van der Waals surface area (Å²) in [6.07, 6.45) is 1.71. The maximum Gasteiger partial charge on any atom is 0.312 e. The zero-order chi connectivity index (χ0) is 23.1. The Balaban J connectivity index is 1.65. The van der Waals surface area contributed by atoms with Gasteiger partial charge in [0.2, 0.25) is 11.5 Å². The van der Waals surface area contributed by atoms with Crippen molar-refractivity contribution in [3.8, 4) is 28.7 Å². The van der Waals surface area contributed by atoms with E-state index in [2.05, 4.69) is 0 Å². The molecule has 0 aliphatic carbocycles. The van der Waals surface area contributed by atoms with E-state index in [4.69, 9.17) is 18.9 Å². The van der Waals surface area contributed by atoms with E-state index in [-0.39, 0.29) is 35.2 Å². The highest BCUT2D eigenvalue weighted by molar-refractivity contribution is 6.15. The van der Waals surface area contributed by atoms with Crippen LogP contribution in [0.25, 0.3) is 6.08 Å². The van der Waals surface area contributed by atoms with E-state index in [0.29, 0.717) is 28.2 Å². The number of esters is 1. The lowest BCUT2D eigenvalue weighted by Gasteiger charge is -2.27. The van der Waals surface area contributed by atoms with Gasteiger partial charge in [-0.15, -0.1) is 0 Å². The molecular formula is C26H20O7. The molecule has 2 aliphatic rings. The molecule has 0 saturated carbocycles. The van der Waals surface area contributed by atoms with Crippen molar-refractivity contribution in [3.63, 3.8) is 0 Å². The number of ketones is 1. The molecular weight excluding hydrogens is 424 g/mol. The Labute approximate surface area is 189 Å². The number of allylic oxidation sites excluding steroid dienone is 1. The Morgan fingerprint density at radius 1 is 0.970 bits per heavy atom. The van der Waals surface area contributed by atoms with Crippen LogP contribution in [0.3, 0.4) is 0 Å². The maximum atomic E-state index is 13.1. The number of hydrogen-bond donors (Lipinski definition) is 1. The molecule has 7 heteroatoms. The highest BCUT2D eigenvalue weighted by Gasteiger charge is 2.39. The molecule has 5 rings (SSSR count). The van der Waals surface area contributed by atoms with Crippen LogP contribution in [-0.2, 0) is 4.79 Å². The lowest BCUT2D eigenvalue weighted by Crippen LogP contribution is -2.21. The number of benzene rings is 3. The third-order valence-electron chi connectivity index (χ3n) is 5.78. The second-order valence-corrected chi connectivity index (χ2v) is 7.71. The summed E-state index contributed by atoms with van der Waals surface area (Å²) in [6, 6.07) is 15.9. The summed E-state index contributed by atoms with van der Waals surface area (Å²) in [5.74, 6) is 0.0110. The quantitative estimate of drug-likeness (QED) is 0.361. The van der Waals surface area contributed by atoms with Crippen LogP contribution in [0.2, 0.25) is 0 Å². The first-order chi connectivity index (χ1) is 16.0. The van der Waals surface area contributed by atoms with Crippen LogP contribution in [0.1, 0.15) is 39.4 Å². The van der Waals surface area contributed by atoms with Gasteiger partial charge < -0.3 is 24.1 Å². The SMILES string of the molecule is COc1cc([C@H]2CC(=O)Oc3ccc4c(c32)O/C(=C\c2ccccc2)C4=O)cc(OC)c1O. The van der Waals surface area contributed by atoms with Crippen molar-refractivity contribution in [3.05, 3.63) is 82.6 Å². The number of methoxy groups -OCH3 is 2. The van der Waals surface area contributed by atoms with Crippen molar-refractivity contribution in [1.82, 2.24) is 0 Å². The summed E-state index contributed by atoms with van der Waals surface area (Å²) in [4.78, 5) is 25.5. The van der Waals surface area contributed by atoms with Crippen LogP contribution in [-0.4, -0.2) is 31.1 Å². The van der Waals surface area contributed by atoms with Crippen LogP contribution >= 0.6 is 0 Å². The van der Waals surface area contributed by atoms with E-state index in [9.17, 15) is 14.7 Å². The van der Waals surface area contributed by atoms with Gasteiger partial charge in [-0.25, -0.2) is 0 Å². The predicted octanol–water partition coefficient (Wildman–Crippen LogP) is 4.47. The molecule has 0 spiro atoms. The fourth-order valence-corrected chi connectivity index (χ4v) is 4.21. The van der Waals surface area contributed by atoms with Gasteiger partial charge in [-0.2, -0.15) is 0 Å². The minimum absolute atomic E-state index is 0.0236. The summed E-state index contributed by atoms with van der Waals surface area (Å²) in [5.41, 5.74) is 2.48. The van der Waals surface area contributed by atoms with Crippen molar-refractivity contribution >= 4 is 17.8 Å². The summed E-state index contributed by atoms with van der Waals surface area (Å²) >= 11 is 0. The first-order valence-corrected chi connectivity index (χ1v) is 10.3. The molecule has 1 atom stereocenters. The number of Topliss-reactive ketones (excluding diaryl/α,β-unsaturated/α-hetero) is 1. The summed E-state index contributed by atoms with van der Waals surface area (Å²) in [7, 11) is 2.86. The van der Waals surface area contributed by atoms with Crippen molar-refractivity contribution in [2.24, 2.45) is 0 Å². The first-order valence-electron chi connectivity index (χ1n) is 10.3. The largest absolute Gasteiger partial charge is 0.502 e. The topological polar surface area (TPSA) is 91.3 Å². The normalized spacial score (nSPS) is 17.8. The number of phenolic OH excluding ortho intramolecular Hbond substituents is 1. The number of fused-ring (bicyclic) bond motifs is 3. The highest BCUT2D eigenvalue weighted by Crippen LogP contribution is 2.51. The molecule has 0 amide bonds. The number of aromatic hydroxyl groups is 1. The summed E-state index contributed by atoms with van der Waals surface area (Å²) < 4.78 is 22.1. The van der Waals surface area contributed by atoms with Gasteiger partial charge in [0.05, 0.1) is 26.2 Å². The predicted molar refractivity (Wildman–Crippen MR) is 119 cm³/mol. The number of carbonyl (C=O) groups excluding carboxylic acids is 2. The fourth-order valence-electron chi connectivity index (χ4n) is 4.21. The Morgan fingerprint density at radius 3 is 2.33 bits per heavy atom. The lowest BCUT2D eigenvalue weighted by molar-refractivity contribution is -0.135. The summed E-state index contributed by atoms with van der Waals surface area (Å²) in [6.45, 7) is 0. The standard InChI is InChI=1S/C26H20O7/c1-30-19-11-15(12-20(31-2)25(19)29)17-13-22(27)32-18-9-8-16-24(28)21(33-26(16)23(17)18)10-14-6-4-3-5-7-14/h3-12,17,29H,13H2,1-2H3/b21-10-/t17-/m1/s1. The smallest absolute Gasteiger partial charge is 0.312 e. The average Bonchev–Trinajstić information content (AvgIpc) is 3.14. The molecule has 0 fully saturated rings. The third-order valence-corrected chi connectivity index (χ3v) is 5.78. The molecule has 0 unspecified atom stereocenters. The Bertz CT molecular complexity index is 1280. The van der Waals surface area contributed by atoms with Crippen molar-refractivity contribution in [2.75, 3.05) is 14.2 Å². The first kappa shape index (κ1) is 20.6. The van der Waals surface area contributed by atoms with E-state index in [1.807, 2.05) is 30.3 Å². The van der Waals surface area contributed by atoms with Gasteiger partial charge in [-0.1, -0.05) is 30.3 Å². The third kappa shape index (κ3) is 3.47. The van der Waals surface area contributed by atoms with Crippen LogP contribution in [0, 0.1) is 0 Å². The minimum Gasteiger partial charge on any atom is -0.502 e. The molecule has 0 radical (unpaired) electrons. The minimum atomic E-state index is -0.497. The van der Waals surface area contributed by atoms with E-state index in [0.717, 1.165) is 5.56 Å². The van der Waals surface area contributed by atoms with E-state index >= 15 is 0 Å². The monoisotopic (exact) mass is 444 g/mol. The molecule has 0 bridgehead atoms. The van der Waals surface area contributed by atoms with Crippen molar-refractivity contribution in [2.45, 2.75) is 12.3 Å². The van der Waals surface area contributed by atoms with Crippen LogP contribution in [0.15, 0.2) is 60.4 Å². The molecule has 3 aromatic rings. The molecule has 33 heavy (non-hydrogen) atoms. The van der Waals surface area contributed by atoms with Crippen molar-refractivity contribution in [1.29, 1.82) is 0 Å². The molecule has 0 saturated heterocycles. The number of ether oxygens (including phenoxy) is 4. The maximum absolute atomic E-state index is 13.1. The number of hydrogen-bond acceptors (Lipinski definition) is 7. The van der Waals surface area contributed by atoms with Gasteiger partial charge in [-0.05, 0) is 41.5 Å². The molecule has 166 valence electrons. The fraction of sp³-hybridized carbons (Fsp3) is 0.154. The molecule has 2 heterocycles. The Morgan fingerprint density at radius 2 is 1.67 bits per heavy atom. The van der Waals surface area contributed by atoms with Crippen LogP contribution in [0.4, 0.5) is 0 Å². The van der Waals surface area contributed by atoms with Crippen molar-refractivity contribution < 1.29 is 33.6 Å². The van der Waals surface area contributed by atoms with Gasteiger partial charge in [0.1, 0.15) is 11.5 Å².